The molecular formula is C28H24BrClN6O4. The minimum Gasteiger partial charge on any atom is -0.496 e. The van der Waals surface area contributed by atoms with Crippen LogP contribution in [-0.2, 0) is 5.60 Å². The van der Waals surface area contributed by atoms with Crippen LogP contribution < -0.4 is 4.74 Å². The Kier molecular flexibility index (Phi) is 6.81. The number of nitrogens with zero attached hydrogens (tertiary/aromatic N) is 6. The number of piperidine rings is 1. The molecule has 204 valence electrons. The number of aryl methyl sites for hydroxylation is 1. The Morgan fingerprint density at radius 1 is 1.18 bits per heavy atom. The van der Waals surface area contributed by atoms with Gasteiger partial charge in [0.25, 0.3) is 11.6 Å². The number of amides is 1. The fraction of sp³-hybridized carbons (Fsp3) is 0.250. The molecule has 0 aliphatic carbocycles. The number of hydrogen-bond acceptors (Lipinski definition) is 8. The van der Waals surface area contributed by atoms with Gasteiger partial charge in [0.1, 0.15) is 17.0 Å². The number of fused-ring (bicyclic) bond motifs is 1. The van der Waals surface area contributed by atoms with Crippen molar-refractivity contribution in [1.82, 2.24) is 30.0 Å². The number of hydrogen-bond donors (Lipinski definition) is 1. The second-order valence-corrected chi connectivity index (χ2v) is 10.9. The first-order valence-electron chi connectivity index (χ1n) is 12.6. The SMILES string of the molecule is COc1ccccc1-c1cc(C(=O)N2CCC(O)(c3cn(-c4ccc(Cl)c(Br)c4)nn3)CC2)c2c(C)noc2n1. The van der Waals surface area contributed by atoms with E-state index in [4.69, 9.17) is 20.9 Å². The fourth-order valence-corrected chi connectivity index (χ4v) is 5.48. The number of halogens is 2. The number of aliphatic hydroxyl groups is 1. The molecule has 3 aromatic heterocycles. The largest absolute Gasteiger partial charge is 0.496 e. The van der Waals surface area contributed by atoms with Crippen molar-refractivity contribution in [1.29, 1.82) is 0 Å². The molecule has 1 amide bonds. The van der Waals surface area contributed by atoms with Crippen molar-refractivity contribution >= 4 is 44.5 Å². The van der Waals surface area contributed by atoms with E-state index >= 15 is 0 Å². The summed E-state index contributed by atoms with van der Waals surface area (Å²) in [7, 11) is 1.59. The number of rotatable bonds is 5. The van der Waals surface area contributed by atoms with E-state index < -0.39 is 5.60 Å². The highest BCUT2D eigenvalue weighted by atomic mass is 79.9. The number of aromatic nitrogens is 5. The quantitative estimate of drug-likeness (QED) is 0.279. The zero-order valence-corrected chi connectivity index (χ0v) is 24.0. The van der Waals surface area contributed by atoms with Gasteiger partial charge in [-0.2, -0.15) is 0 Å². The Labute approximate surface area is 242 Å². The van der Waals surface area contributed by atoms with Gasteiger partial charge in [0.15, 0.2) is 0 Å². The molecule has 0 spiro atoms. The van der Waals surface area contributed by atoms with Crippen LogP contribution in [0.15, 0.2) is 63.7 Å². The molecule has 0 unspecified atom stereocenters. The van der Waals surface area contributed by atoms with Crippen molar-refractivity contribution in [3.63, 3.8) is 0 Å². The molecule has 0 saturated carbocycles. The minimum atomic E-state index is -1.22. The Hall–Kier alpha value is -3.80. The van der Waals surface area contributed by atoms with E-state index in [1.807, 2.05) is 36.4 Å². The van der Waals surface area contributed by atoms with Gasteiger partial charge >= 0.3 is 0 Å². The number of likely N-dealkylation sites (tertiary alicyclic amines) is 1. The smallest absolute Gasteiger partial charge is 0.259 e. The molecule has 1 aliphatic heterocycles. The molecule has 10 nitrogen and oxygen atoms in total. The van der Waals surface area contributed by atoms with Crippen molar-refractivity contribution in [3.8, 4) is 22.7 Å². The van der Waals surface area contributed by atoms with Crippen molar-refractivity contribution < 1.29 is 19.2 Å². The zero-order valence-electron chi connectivity index (χ0n) is 21.6. The summed E-state index contributed by atoms with van der Waals surface area (Å²) in [5.41, 5.74) is 2.56. The highest BCUT2D eigenvalue weighted by Gasteiger charge is 2.38. The third kappa shape index (κ3) is 4.63. The number of carbonyl (C=O) groups is 1. The van der Waals surface area contributed by atoms with Gasteiger partial charge in [-0.15, -0.1) is 5.10 Å². The Morgan fingerprint density at radius 2 is 1.95 bits per heavy atom. The van der Waals surface area contributed by atoms with Crippen LogP contribution >= 0.6 is 27.5 Å². The molecule has 1 aliphatic rings. The second-order valence-electron chi connectivity index (χ2n) is 9.67. The number of ether oxygens (including phenoxy) is 1. The van der Waals surface area contributed by atoms with Crippen LogP contribution in [0.2, 0.25) is 5.02 Å². The number of methoxy groups -OCH3 is 1. The number of pyridine rings is 1. The number of benzene rings is 2. The molecule has 12 heteroatoms. The second kappa shape index (κ2) is 10.3. The van der Waals surface area contributed by atoms with Crippen molar-refractivity contribution in [3.05, 3.63) is 81.2 Å². The summed E-state index contributed by atoms with van der Waals surface area (Å²) in [4.78, 5) is 20.2. The monoisotopic (exact) mass is 622 g/mol. The average molecular weight is 624 g/mol. The normalized spacial score (nSPS) is 15.0. The van der Waals surface area contributed by atoms with Crippen LogP contribution in [0.5, 0.6) is 5.75 Å². The Bertz CT molecular complexity index is 1740. The van der Waals surface area contributed by atoms with Crippen molar-refractivity contribution in [2.45, 2.75) is 25.4 Å². The standard InChI is InChI=1S/C28H24BrClN6O4/c1-16-25-19(14-22(31-26(25)40-33-16)18-5-3-4-6-23(18)39-2)27(37)35-11-9-28(38,10-12-35)24-15-36(34-32-24)17-7-8-21(30)20(29)13-17/h3-8,13-15,38H,9-12H2,1-2H3. The number of carbonyl (C=O) groups excluding carboxylic acids is 1. The molecule has 0 radical (unpaired) electrons. The number of para-hydroxylation sites is 1. The fourth-order valence-electron chi connectivity index (χ4n) is 4.99. The maximum absolute atomic E-state index is 13.9. The molecule has 5 aromatic rings. The minimum absolute atomic E-state index is 0.188. The molecule has 2 aromatic carbocycles. The first-order valence-corrected chi connectivity index (χ1v) is 13.7. The van der Waals surface area contributed by atoms with E-state index in [2.05, 4.69) is 36.4 Å². The van der Waals surface area contributed by atoms with E-state index in [1.54, 1.807) is 41.9 Å². The van der Waals surface area contributed by atoms with Gasteiger partial charge < -0.3 is 19.3 Å². The van der Waals surface area contributed by atoms with Crippen LogP contribution in [0.1, 0.15) is 34.6 Å². The predicted octanol–water partition coefficient (Wildman–Crippen LogP) is 5.33. The molecule has 1 N–H and O–H groups in total. The first-order chi connectivity index (χ1) is 19.3. The lowest BCUT2D eigenvalue weighted by atomic mass is 9.88. The highest BCUT2D eigenvalue weighted by molar-refractivity contribution is 9.10. The van der Waals surface area contributed by atoms with Gasteiger partial charge in [0, 0.05) is 23.1 Å². The van der Waals surface area contributed by atoms with Crippen LogP contribution in [-0.4, -0.2) is 61.2 Å². The Balaban J connectivity index is 1.26. The summed E-state index contributed by atoms with van der Waals surface area (Å²) in [6.07, 6.45) is 2.31. The summed E-state index contributed by atoms with van der Waals surface area (Å²) < 4.78 is 13.3. The lowest BCUT2D eigenvalue weighted by Crippen LogP contribution is -2.45. The molecule has 40 heavy (non-hydrogen) atoms. The Morgan fingerprint density at radius 3 is 2.70 bits per heavy atom. The van der Waals surface area contributed by atoms with Crippen LogP contribution in [0.3, 0.4) is 0 Å². The lowest BCUT2D eigenvalue weighted by molar-refractivity contribution is -0.0244. The molecule has 0 bridgehead atoms. The first kappa shape index (κ1) is 26.4. The van der Waals surface area contributed by atoms with Gasteiger partial charge in [-0.25, -0.2) is 9.67 Å². The third-order valence-corrected chi connectivity index (χ3v) is 8.46. The van der Waals surface area contributed by atoms with E-state index in [9.17, 15) is 9.90 Å². The molecule has 0 atom stereocenters. The van der Waals surface area contributed by atoms with Crippen LogP contribution in [0, 0.1) is 6.92 Å². The summed E-state index contributed by atoms with van der Waals surface area (Å²) in [5.74, 6) is 0.442. The van der Waals surface area contributed by atoms with Gasteiger partial charge in [-0.3, -0.25) is 4.79 Å². The van der Waals surface area contributed by atoms with E-state index in [1.165, 1.54) is 0 Å². The topological polar surface area (TPSA) is 119 Å². The van der Waals surface area contributed by atoms with E-state index in [0.717, 1.165) is 15.7 Å². The summed E-state index contributed by atoms with van der Waals surface area (Å²) in [6, 6.07) is 14.6. The van der Waals surface area contributed by atoms with Gasteiger partial charge in [0.05, 0.1) is 46.4 Å². The van der Waals surface area contributed by atoms with Crippen LogP contribution in [0.4, 0.5) is 0 Å². The molecular weight excluding hydrogens is 600 g/mol. The lowest BCUT2D eigenvalue weighted by Gasteiger charge is -2.37. The van der Waals surface area contributed by atoms with Gasteiger partial charge in [-0.05, 0) is 72.1 Å². The van der Waals surface area contributed by atoms with Crippen molar-refractivity contribution in [2.24, 2.45) is 0 Å². The molecule has 4 heterocycles. The van der Waals surface area contributed by atoms with E-state index in [-0.39, 0.29) is 11.6 Å². The maximum Gasteiger partial charge on any atom is 0.259 e. The third-order valence-electron chi connectivity index (χ3n) is 7.25. The molecule has 6 rings (SSSR count). The highest BCUT2D eigenvalue weighted by Crippen LogP contribution is 2.36. The van der Waals surface area contributed by atoms with Crippen LogP contribution in [0.25, 0.3) is 28.0 Å². The average Bonchev–Trinajstić information content (AvgIpc) is 3.62. The maximum atomic E-state index is 13.9. The molecule has 1 fully saturated rings. The van der Waals surface area contributed by atoms with Crippen molar-refractivity contribution in [2.75, 3.05) is 20.2 Å². The summed E-state index contributed by atoms with van der Waals surface area (Å²) >= 11 is 9.52. The zero-order chi connectivity index (χ0) is 28.0. The summed E-state index contributed by atoms with van der Waals surface area (Å²) in [5, 5.41) is 25.1. The van der Waals surface area contributed by atoms with Gasteiger partial charge in [0.2, 0.25) is 0 Å². The van der Waals surface area contributed by atoms with Gasteiger partial charge in [-0.1, -0.05) is 34.1 Å². The summed E-state index contributed by atoms with van der Waals surface area (Å²) in [6.45, 7) is 2.43. The predicted molar refractivity (Wildman–Crippen MR) is 152 cm³/mol. The molecule has 1 saturated heterocycles. The van der Waals surface area contributed by atoms with E-state index in [0.29, 0.717) is 64.7 Å².